The Morgan fingerprint density at radius 2 is 2.18 bits per heavy atom. The molecule has 1 amide bonds. The summed E-state index contributed by atoms with van der Waals surface area (Å²) in [6.45, 7) is 1.77. The fourth-order valence-electron chi connectivity index (χ4n) is 1.75. The zero-order valence-corrected chi connectivity index (χ0v) is 11.7. The Morgan fingerprint density at radius 1 is 1.47 bits per heavy atom. The number of carbonyl (C=O) groups is 1. The predicted molar refractivity (Wildman–Crippen MR) is 71.1 cm³/mol. The second-order valence-electron chi connectivity index (χ2n) is 3.90. The van der Waals surface area contributed by atoms with Gasteiger partial charge in [-0.05, 0) is 19.1 Å². The van der Waals surface area contributed by atoms with Crippen molar-refractivity contribution in [1.29, 1.82) is 0 Å². The largest absolute Gasteiger partial charge is 0.338 e. The molecule has 1 aromatic carbocycles. The number of rotatable bonds is 1. The maximum atomic E-state index is 12.0. The highest BCUT2D eigenvalue weighted by atomic mass is 79.9. The average Bonchev–Trinajstić information content (AvgIpc) is 2.55. The molecule has 17 heavy (non-hydrogen) atoms. The van der Waals surface area contributed by atoms with Gasteiger partial charge in [-0.3, -0.25) is 15.1 Å². The Bertz CT molecular complexity index is 517. The minimum absolute atomic E-state index is 0.165. The van der Waals surface area contributed by atoms with Gasteiger partial charge in [0.2, 0.25) is 0 Å². The van der Waals surface area contributed by atoms with Crippen molar-refractivity contribution >= 4 is 39.4 Å². The van der Waals surface area contributed by atoms with Crippen LogP contribution in [-0.2, 0) is 10.3 Å². The van der Waals surface area contributed by atoms with Gasteiger partial charge in [-0.15, -0.1) is 0 Å². The van der Waals surface area contributed by atoms with Gasteiger partial charge in [0.1, 0.15) is 5.54 Å². The molecule has 0 saturated carbocycles. The summed E-state index contributed by atoms with van der Waals surface area (Å²) < 4.78 is 0.873. The molecule has 4 nitrogen and oxygen atoms in total. The van der Waals surface area contributed by atoms with Gasteiger partial charge in [0.05, 0.1) is 0 Å². The third-order valence-electron chi connectivity index (χ3n) is 2.75. The van der Waals surface area contributed by atoms with Crippen molar-refractivity contribution in [3.8, 4) is 0 Å². The first kappa shape index (κ1) is 12.4. The van der Waals surface area contributed by atoms with Crippen LogP contribution in [0.25, 0.3) is 0 Å². The molecule has 2 N–H and O–H groups in total. The van der Waals surface area contributed by atoms with Crippen molar-refractivity contribution in [3.05, 3.63) is 33.3 Å². The number of aliphatic imine (C=N–C) groups is 1. The maximum absolute atomic E-state index is 12.0. The zero-order valence-electron chi connectivity index (χ0n) is 9.34. The molecule has 1 unspecified atom stereocenters. The molecule has 1 aliphatic rings. The standard InChI is InChI=1S/C11H11BrClN3O/c1-11(9(17)15-10(14-2)16-11)7-4-3-6(12)5-8(7)13/h3-5H,1-2H3,(H2,14,15,16,17). The summed E-state index contributed by atoms with van der Waals surface area (Å²) in [5, 5.41) is 6.23. The summed E-state index contributed by atoms with van der Waals surface area (Å²) in [7, 11) is 1.61. The smallest absolute Gasteiger partial charge is 0.256 e. The number of benzene rings is 1. The van der Waals surface area contributed by atoms with Crippen molar-refractivity contribution in [2.45, 2.75) is 12.5 Å². The molecule has 0 aliphatic carbocycles. The summed E-state index contributed by atoms with van der Waals surface area (Å²) in [4.78, 5) is 15.9. The lowest BCUT2D eigenvalue weighted by molar-refractivity contribution is -0.123. The lowest BCUT2D eigenvalue weighted by Gasteiger charge is -2.22. The summed E-state index contributed by atoms with van der Waals surface area (Å²) >= 11 is 9.50. The Labute approximate surface area is 113 Å². The average molecular weight is 317 g/mol. The van der Waals surface area contributed by atoms with Crippen molar-refractivity contribution < 1.29 is 4.79 Å². The highest BCUT2D eigenvalue weighted by molar-refractivity contribution is 9.10. The van der Waals surface area contributed by atoms with Crippen LogP contribution in [0.4, 0.5) is 0 Å². The number of hydrogen-bond donors (Lipinski definition) is 2. The number of carbonyl (C=O) groups excluding carboxylic acids is 1. The first-order chi connectivity index (χ1) is 7.97. The fraction of sp³-hybridized carbons (Fsp3) is 0.273. The third-order valence-corrected chi connectivity index (χ3v) is 3.55. The van der Waals surface area contributed by atoms with Gasteiger partial charge in [0.25, 0.3) is 5.91 Å². The second kappa shape index (κ2) is 4.31. The molecule has 0 bridgehead atoms. The number of halogens is 2. The van der Waals surface area contributed by atoms with Gasteiger partial charge in [0, 0.05) is 22.1 Å². The first-order valence-electron chi connectivity index (χ1n) is 4.99. The molecule has 2 rings (SSSR count). The van der Waals surface area contributed by atoms with Crippen LogP contribution in [0.1, 0.15) is 12.5 Å². The summed E-state index contributed by atoms with van der Waals surface area (Å²) in [5.41, 5.74) is -0.161. The Hall–Kier alpha value is -1.07. The van der Waals surface area contributed by atoms with E-state index in [-0.39, 0.29) is 5.91 Å². The molecule has 1 fully saturated rings. The number of hydrogen-bond acceptors (Lipinski definition) is 2. The fourth-order valence-corrected chi connectivity index (χ4v) is 2.62. The lowest BCUT2D eigenvalue weighted by Crippen LogP contribution is -2.40. The van der Waals surface area contributed by atoms with Crippen LogP contribution in [0.5, 0.6) is 0 Å². The molecule has 1 aromatic rings. The molecule has 0 radical (unpaired) electrons. The third kappa shape index (κ3) is 2.05. The van der Waals surface area contributed by atoms with Crippen LogP contribution in [0.15, 0.2) is 27.7 Å². The topological polar surface area (TPSA) is 53.5 Å². The number of amides is 1. The second-order valence-corrected chi connectivity index (χ2v) is 5.22. The molecule has 0 aromatic heterocycles. The Morgan fingerprint density at radius 3 is 2.71 bits per heavy atom. The van der Waals surface area contributed by atoms with Crippen molar-refractivity contribution in [1.82, 2.24) is 10.6 Å². The molecule has 1 saturated heterocycles. The zero-order chi connectivity index (χ0) is 12.6. The molecular formula is C11H11BrClN3O. The van der Waals surface area contributed by atoms with Gasteiger partial charge in [-0.1, -0.05) is 33.6 Å². The van der Waals surface area contributed by atoms with Crippen LogP contribution in [0.2, 0.25) is 5.02 Å². The highest BCUT2D eigenvalue weighted by Crippen LogP contribution is 2.32. The number of guanidine groups is 1. The van der Waals surface area contributed by atoms with Gasteiger partial charge in [-0.25, -0.2) is 0 Å². The van der Waals surface area contributed by atoms with Gasteiger partial charge in [0.15, 0.2) is 5.96 Å². The molecule has 1 heterocycles. The van der Waals surface area contributed by atoms with Gasteiger partial charge < -0.3 is 5.32 Å². The molecule has 1 aliphatic heterocycles. The van der Waals surface area contributed by atoms with Gasteiger partial charge >= 0.3 is 0 Å². The van der Waals surface area contributed by atoms with E-state index >= 15 is 0 Å². The quantitative estimate of drug-likeness (QED) is 0.833. The monoisotopic (exact) mass is 315 g/mol. The van der Waals surface area contributed by atoms with Crippen molar-refractivity contribution in [3.63, 3.8) is 0 Å². The van der Waals surface area contributed by atoms with E-state index in [4.69, 9.17) is 11.6 Å². The summed E-state index contributed by atoms with van der Waals surface area (Å²) in [6.07, 6.45) is 0. The van der Waals surface area contributed by atoms with Gasteiger partial charge in [-0.2, -0.15) is 0 Å². The van der Waals surface area contributed by atoms with Crippen LogP contribution < -0.4 is 10.6 Å². The van der Waals surface area contributed by atoms with E-state index in [1.807, 2.05) is 12.1 Å². The minimum Gasteiger partial charge on any atom is -0.338 e. The Kier molecular flexibility index (Phi) is 3.14. The van der Waals surface area contributed by atoms with E-state index in [9.17, 15) is 4.79 Å². The lowest BCUT2D eigenvalue weighted by atomic mass is 9.92. The van der Waals surface area contributed by atoms with E-state index < -0.39 is 5.54 Å². The predicted octanol–water partition coefficient (Wildman–Crippen LogP) is 2.02. The molecular weight excluding hydrogens is 305 g/mol. The molecule has 90 valence electrons. The summed E-state index contributed by atoms with van der Waals surface area (Å²) in [6, 6.07) is 5.43. The van der Waals surface area contributed by atoms with Crippen molar-refractivity contribution in [2.24, 2.45) is 4.99 Å². The SMILES string of the molecule is CN=C1NC(=O)C(C)(c2ccc(Br)cc2Cl)N1. The first-order valence-corrected chi connectivity index (χ1v) is 6.16. The number of nitrogens with zero attached hydrogens (tertiary/aromatic N) is 1. The van der Waals surface area contributed by atoms with Crippen molar-refractivity contribution in [2.75, 3.05) is 7.05 Å². The van der Waals surface area contributed by atoms with Crippen LogP contribution in [0, 0.1) is 0 Å². The van der Waals surface area contributed by atoms with Crippen LogP contribution >= 0.6 is 27.5 Å². The maximum Gasteiger partial charge on any atom is 0.256 e. The summed E-state index contributed by atoms with van der Waals surface area (Å²) in [5.74, 6) is 0.291. The van der Waals surface area contributed by atoms with E-state index in [1.54, 1.807) is 20.0 Å². The normalized spacial score (nSPS) is 25.9. The van der Waals surface area contributed by atoms with E-state index in [2.05, 4.69) is 31.6 Å². The van der Waals surface area contributed by atoms with E-state index in [0.29, 0.717) is 11.0 Å². The highest BCUT2D eigenvalue weighted by Gasteiger charge is 2.43. The van der Waals surface area contributed by atoms with Crippen LogP contribution in [0.3, 0.4) is 0 Å². The minimum atomic E-state index is -0.882. The molecule has 1 atom stereocenters. The van der Waals surface area contributed by atoms with Crippen LogP contribution in [-0.4, -0.2) is 18.9 Å². The molecule has 6 heteroatoms. The number of nitrogens with one attached hydrogen (secondary N) is 2. The van der Waals surface area contributed by atoms with E-state index in [0.717, 1.165) is 10.0 Å². The van der Waals surface area contributed by atoms with E-state index in [1.165, 1.54) is 0 Å². The Balaban J connectivity index is 2.49. The molecule has 0 spiro atoms.